The molecular weight excluding hydrogens is 375 g/mol. The zero-order chi connectivity index (χ0) is 22.4. The molecule has 0 atom stereocenters. The molecule has 1 fully saturated rings. The summed E-state index contributed by atoms with van der Waals surface area (Å²) in [7, 11) is -0.832. The lowest BCUT2D eigenvalue weighted by Crippen LogP contribution is -2.41. The predicted octanol–water partition coefficient (Wildman–Crippen LogP) is 2.69. The Morgan fingerprint density at radius 3 is 1.69 bits per heavy atom. The number of esters is 2. The van der Waals surface area contributed by atoms with Gasteiger partial charge < -0.3 is 18.8 Å². The SMILES string of the molecule is CC(C)(C)OC(=O)c1ncc(B2OC(C)(C)C(C)(C)O2)nc1C(=O)OC(C)(C)C. The van der Waals surface area contributed by atoms with Crippen LogP contribution in [0.25, 0.3) is 0 Å². The van der Waals surface area contributed by atoms with Crippen molar-refractivity contribution in [1.29, 1.82) is 0 Å². The van der Waals surface area contributed by atoms with Gasteiger partial charge in [-0.15, -0.1) is 0 Å². The first-order valence-corrected chi connectivity index (χ1v) is 9.61. The highest BCUT2D eigenvalue weighted by Crippen LogP contribution is 2.36. The van der Waals surface area contributed by atoms with E-state index in [-0.39, 0.29) is 17.0 Å². The molecule has 0 aliphatic carbocycles. The fraction of sp³-hybridized carbons (Fsp3) is 0.700. The van der Waals surface area contributed by atoms with Gasteiger partial charge in [0.2, 0.25) is 0 Å². The van der Waals surface area contributed by atoms with Crippen molar-refractivity contribution in [1.82, 2.24) is 9.97 Å². The molecule has 9 heteroatoms. The van der Waals surface area contributed by atoms with Crippen molar-refractivity contribution >= 4 is 24.7 Å². The van der Waals surface area contributed by atoms with E-state index < -0.39 is 41.5 Å². The van der Waals surface area contributed by atoms with E-state index in [9.17, 15) is 9.59 Å². The van der Waals surface area contributed by atoms with Gasteiger partial charge in [-0.1, -0.05) is 0 Å². The summed E-state index contributed by atoms with van der Waals surface area (Å²) in [6.07, 6.45) is 1.36. The molecule has 160 valence electrons. The number of rotatable bonds is 3. The van der Waals surface area contributed by atoms with Crippen LogP contribution in [0.2, 0.25) is 0 Å². The Morgan fingerprint density at radius 1 is 0.862 bits per heavy atom. The molecular formula is C20H31BN2O6. The number of carbonyl (C=O) groups is 2. The molecule has 1 saturated heterocycles. The van der Waals surface area contributed by atoms with Crippen molar-refractivity contribution in [2.75, 3.05) is 0 Å². The molecule has 0 amide bonds. The molecule has 1 aromatic rings. The van der Waals surface area contributed by atoms with E-state index in [2.05, 4.69) is 9.97 Å². The van der Waals surface area contributed by atoms with E-state index >= 15 is 0 Å². The van der Waals surface area contributed by atoms with Crippen LogP contribution < -0.4 is 5.59 Å². The number of hydrogen-bond acceptors (Lipinski definition) is 8. The molecule has 0 saturated carbocycles. The zero-order valence-electron chi connectivity index (χ0n) is 19.0. The Labute approximate surface area is 172 Å². The lowest BCUT2D eigenvalue weighted by Gasteiger charge is -2.32. The van der Waals surface area contributed by atoms with Crippen molar-refractivity contribution in [2.24, 2.45) is 0 Å². The average molecular weight is 406 g/mol. The van der Waals surface area contributed by atoms with E-state index in [0.29, 0.717) is 0 Å². The molecule has 1 aliphatic rings. The van der Waals surface area contributed by atoms with E-state index in [4.69, 9.17) is 18.8 Å². The molecule has 8 nitrogen and oxygen atoms in total. The van der Waals surface area contributed by atoms with Gasteiger partial charge >= 0.3 is 19.1 Å². The minimum Gasteiger partial charge on any atom is -0.455 e. The van der Waals surface area contributed by atoms with Crippen LogP contribution in [-0.2, 0) is 18.8 Å². The largest absolute Gasteiger partial charge is 0.516 e. The maximum Gasteiger partial charge on any atom is 0.516 e. The molecule has 2 heterocycles. The van der Waals surface area contributed by atoms with Gasteiger partial charge in [0, 0.05) is 6.20 Å². The first-order chi connectivity index (χ1) is 12.9. The fourth-order valence-corrected chi connectivity index (χ4v) is 2.42. The third-order valence-corrected chi connectivity index (χ3v) is 4.47. The first kappa shape index (κ1) is 23.3. The quantitative estimate of drug-likeness (QED) is 0.558. The number of hydrogen-bond donors (Lipinski definition) is 0. The molecule has 0 spiro atoms. The Kier molecular flexibility index (Phi) is 5.91. The zero-order valence-corrected chi connectivity index (χ0v) is 19.0. The second kappa shape index (κ2) is 7.36. The second-order valence-corrected chi connectivity index (χ2v) is 10.1. The van der Waals surface area contributed by atoms with Crippen LogP contribution in [0.15, 0.2) is 6.20 Å². The molecule has 29 heavy (non-hydrogen) atoms. The molecule has 0 radical (unpaired) electrons. The predicted molar refractivity (Wildman–Crippen MR) is 108 cm³/mol. The van der Waals surface area contributed by atoms with E-state index in [0.717, 1.165) is 0 Å². The summed E-state index contributed by atoms with van der Waals surface area (Å²) < 4.78 is 22.7. The van der Waals surface area contributed by atoms with E-state index in [1.54, 1.807) is 41.5 Å². The highest BCUT2D eigenvalue weighted by Gasteiger charge is 2.52. The van der Waals surface area contributed by atoms with Gasteiger partial charge in [0.05, 0.1) is 16.8 Å². The fourth-order valence-electron chi connectivity index (χ4n) is 2.42. The van der Waals surface area contributed by atoms with Crippen molar-refractivity contribution in [3.63, 3.8) is 0 Å². The maximum atomic E-state index is 12.8. The summed E-state index contributed by atoms with van der Waals surface area (Å²) >= 11 is 0. The summed E-state index contributed by atoms with van der Waals surface area (Å²) in [4.78, 5) is 33.8. The molecule has 0 unspecified atom stereocenters. The van der Waals surface area contributed by atoms with Gasteiger partial charge in [-0.3, -0.25) is 0 Å². The monoisotopic (exact) mass is 406 g/mol. The Hall–Kier alpha value is -2.00. The molecule has 1 aromatic heterocycles. The molecule has 1 aliphatic heterocycles. The first-order valence-electron chi connectivity index (χ1n) is 9.61. The van der Waals surface area contributed by atoms with Gasteiger partial charge in [0.15, 0.2) is 11.4 Å². The van der Waals surface area contributed by atoms with Crippen LogP contribution in [-0.4, -0.2) is 51.4 Å². The third kappa shape index (κ3) is 5.54. The van der Waals surface area contributed by atoms with Crippen molar-refractivity contribution in [2.45, 2.75) is 91.6 Å². The van der Waals surface area contributed by atoms with E-state index in [1.807, 2.05) is 27.7 Å². The number of ether oxygens (including phenoxy) is 2. The maximum absolute atomic E-state index is 12.8. The third-order valence-electron chi connectivity index (χ3n) is 4.47. The molecule has 2 rings (SSSR count). The lowest BCUT2D eigenvalue weighted by atomic mass is 9.85. The van der Waals surface area contributed by atoms with Crippen molar-refractivity contribution in [3.8, 4) is 0 Å². The topological polar surface area (TPSA) is 96.8 Å². The van der Waals surface area contributed by atoms with Crippen LogP contribution in [0, 0.1) is 0 Å². The van der Waals surface area contributed by atoms with Crippen molar-refractivity contribution < 1.29 is 28.4 Å². The Balaban J connectivity index is 2.47. The van der Waals surface area contributed by atoms with E-state index in [1.165, 1.54) is 6.20 Å². The molecule has 0 aromatic carbocycles. The number of carbonyl (C=O) groups excluding carboxylic acids is 2. The summed E-state index contributed by atoms with van der Waals surface area (Å²) in [6.45, 7) is 18.0. The van der Waals surface area contributed by atoms with Gasteiger partial charge in [-0.05, 0) is 69.2 Å². The van der Waals surface area contributed by atoms with Crippen LogP contribution in [0.3, 0.4) is 0 Å². The normalized spacial score (nSPS) is 18.5. The second-order valence-electron chi connectivity index (χ2n) is 10.1. The highest BCUT2D eigenvalue weighted by atomic mass is 16.7. The minimum absolute atomic E-state index is 0.213. The van der Waals surface area contributed by atoms with Gasteiger partial charge in [-0.25, -0.2) is 19.6 Å². The van der Waals surface area contributed by atoms with Crippen molar-refractivity contribution in [3.05, 3.63) is 17.6 Å². The lowest BCUT2D eigenvalue weighted by molar-refractivity contribution is 0.000816. The summed E-state index contributed by atoms with van der Waals surface area (Å²) in [5.41, 5.74) is -2.88. The minimum atomic E-state index is -0.832. The molecule has 0 bridgehead atoms. The standard InChI is InChI=1S/C20H31BN2O6/c1-17(2,3)26-15(24)13-14(16(25)27-18(4,5)6)23-12(11-22-13)21-28-19(7,8)20(9,10)29-21/h11H,1-10H3. The van der Waals surface area contributed by atoms with Gasteiger partial charge in [0.1, 0.15) is 11.2 Å². The van der Waals surface area contributed by atoms with Crippen LogP contribution in [0.4, 0.5) is 0 Å². The molecule has 0 N–H and O–H groups in total. The summed E-state index contributed by atoms with van der Waals surface area (Å²) in [5.74, 6) is -1.53. The number of nitrogens with zero attached hydrogens (tertiary/aromatic N) is 2. The summed E-state index contributed by atoms with van der Waals surface area (Å²) in [5, 5.41) is 0. The van der Waals surface area contributed by atoms with Gasteiger partial charge in [0.25, 0.3) is 0 Å². The van der Waals surface area contributed by atoms with Crippen LogP contribution >= 0.6 is 0 Å². The Bertz CT molecular complexity index is 792. The Morgan fingerprint density at radius 2 is 1.28 bits per heavy atom. The van der Waals surface area contributed by atoms with Crippen LogP contribution in [0.5, 0.6) is 0 Å². The average Bonchev–Trinajstić information content (AvgIpc) is 2.71. The number of aromatic nitrogens is 2. The van der Waals surface area contributed by atoms with Crippen LogP contribution in [0.1, 0.15) is 90.2 Å². The summed E-state index contributed by atoms with van der Waals surface area (Å²) in [6, 6.07) is 0. The smallest absolute Gasteiger partial charge is 0.455 e. The highest BCUT2D eigenvalue weighted by molar-refractivity contribution is 6.61. The van der Waals surface area contributed by atoms with Gasteiger partial charge in [-0.2, -0.15) is 0 Å².